The molecule has 72 valence electrons. The molecule has 0 atom stereocenters. The van der Waals surface area contributed by atoms with Crippen molar-refractivity contribution in [2.24, 2.45) is 0 Å². The summed E-state index contributed by atoms with van der Waals surface area (Å²) in [5, 5.41) is 8.58. The fourth-order valence-corrected chi connectivity index (χ4v) is 1.27. The van der Waals surface area contributed by atoms with Crippen LogP contribution in [0.4, 0.5) is 0 Å². The summed E-state index contributed by atoms with van der Waals surface area (Å²) in [6.45, 7) is 4.13. The molecular weight excluding hydrogens is 174 g/mol. The quantitative estimate of drug-likeness (QED) is 0.723. The molecule has 0 aliphatic carbocycles. The minimum Gasteiger partial charge on any atom is -0.182 e. The van der Waals surface area contributed by atoms with Crippen LogP contribution in [0.5, 0.6) is 0 Å². The van der Waals surface area contributed by atoms with Gasteiger partial charge in [-0.25, -0.2) is 0 Å². The van der Waals surface area contributed by atoms with Crippen molar-refractivity contribution in [1.29, 1.82) is 0 Å². The predicted octanol–water partition coefficient (Wildman–Crippen LogP) is 2.53. The standard InChI is InChI=1S/C11H13N3/c1-9(2)14-12-8-11(13-14)10-6-4-3-5-7-10/h3-9H,1-2H3. The molecule has 0 saturated heterocycles. The highest BCUT2D eigenvalue weighted by Gasteiger charge is 2.04. The van der Waals surface area contributed by atoms with Gasteiger partial charge < -0.3 is 0 Å². The van der Waals surface area contributed by atoms with Crippen LogP contribution in [0.1, 0.15) is 19.9 Å². The van der Waals surface area contributed by atoms with Crippen LogP contribution >= 0.6 is 0 Å². The van der Waals surface area contributed by atoms with Crippen LogP contribution in [0.2, 0.25) is 0 Å². The van der Waals surface area contributed by atoms with Crippen molar-refractivity contribution >= 4 is 0 Å². The molecule has 0 amide bonds. The highest BCUT2D eigenvalue weighted by Crippen LogP contribution is 2.15. The van der Waals surface area contributed by atoms with E-state index in [2.05, 4.69) is 24.0 Å². The van der Waals surface area contributed by atoms with Gasteiger partial charge in [-0.1, -0.05) is 30.3 Å². The Hall–Kier alpha value is -1.64. The van der Waals surface area contributed by atoms with Gasteiger partial charge in [0.05, 0.1) is 12.2 Å². The van der Waals surface area contributed by atoms with E-state index in [0.717, 1.165) is 11.3 Å². The molecule has 0 aliphatic rings. The molecular formula is C11H13N3. The molecule has 1 aromatic heterocycles. The Morgan fingerprint density at radius 3 is 2.43 bits per heavy atom. The smallest absolute Gasteiger partial charge is 0.113 e. The van der Waals surface area contributed by atoms with Crippen molar-refractivity contribution in [3.8, 4) is 11.3 Å². The van der Waals surface area contributed by atoms with E-state index in [9.17, 15) is 0 Å². The van der Waals surface area contributed by atoms with Crippen molar-refractivity contribution in [3.05, 3.63) is 36.5 Å². The molecule has 0 spiro atoms. The maximum absolute atomic E-state index is 4.39. The van der Waals surface area contributed by atoms with E-state index in [1.807, 2.05) is 30.3 Å². The average Bonchev–Trinajstić information content (AvgIpc) is 2.68. The molecule has 0 saturated carbocycles. The topological polar surface area (TPSA) is 30.7 Å². The molecule has 3 nitrogen and oxygen atoms in total. The predicted molar refractivity (Wildman–Crippen MR) is 55.8 cm³/mol. The molecule has 0 aliphatic heterocycles. The monoisotopic (exact) mass is 187 g/mol. The van der Waals surface area contributed by atoms with Crippen LogP contribution in [-0.2, 0) is 0 Å². The number of benzene rings is 1. The number of rotatable bonds is 2. The van der Waals surface area contributed by atoms with E-state index in [1.54, 1.807) is 11.0 Å². The van der Waals surface area contributed by atoms with Gasteiger partial charge in [-0.3, -0.25) is 0 Å². The zero-order valence-electron chi connectivity index (χ0n) is 8.38. The van der Waals surface area contributed by atoms with Gasteiger partial charge in [-0.05, 0) is 13.8 Å². The summed E-state index contributed by atoms with van der Waals surface area (Å²) in [6, 6.07) is 10.4. The molecule has 14 heavy (non-hydrogen) atoms. The lowest BCUT2D eigenvalue weighted by molar-refractivity contribution is 0.467. The average molecular weight is 187 g/mol. The molecule has 2 aromatic rings. The highest BCUT2D eigenvalue weighted by molar-refractivity contribution is 5.56. The van der Waals surface area contributed by atoms with Gasteiger partial charge in [0, 0.05) is 5.56 Å². The van der Waals surface area contributed by atoms with Crippen molar-refractivity contribution in [2.75, 3.05) is 0 Å². The van der Waals surface area contributed by atoms with Crippen LogP contribution in [-0.4, -0.2) is 15.0 Å². The lowest BCUT2D eigenvalue weighted by Crippen LogP contribution is -2.04. The lowest BCUT2D eigenvalue weighted by atomic mass is 10.2. The van der Waals surface area contributed by atoms with Crippen molar-refractivity contribution < 1.29 is 0 Å². The molecule has 0 fully saturated rings. The normalized spacial score (nSPS) is 10.8. The Morgan fingerprint density at radius 1 is 1.14 bits per heavy atom. The molecule has 1 aromatic carbocycles. The summed E-state index contributed by atoms with van der Waals surface area (Å²) >= 11 is 0. The third kappa shape index (κ3) is 1.66. The molecule has 2 rings (SSSR count). The Morgan fingerprint density at radius 2 is 1.86 bits per heavy atom. The Bertz CT molecular complexity index is 403. The maximum Gasteiger partial charge on any atom is 0.113 e. The van der Waals surface area contributed by atoms with E-state index in [4.69, 9.17) is 0 Å². The second kappa shape index (κ2) is 3.62. The Balaban J connectivity index is 2.34. The summed E-state index contributed by atoms with van der Waals surface area (Å²) < 4.78 is 0. The summed E-state index contributed by atoms with van der Waals surface area (Å²) in [5.41, 5.74) is 2.04. The zero-order valence-corrected chi connectivity index (χ0v) is 8.38. The Labute approximate surface area is 83.4 Å². The summed E-state index contributed by atoms with van der Waals surface area (Å²) in [7, 11) is 0. The van der Waals surface area contributed by atoms with Crippen LogP contribution < -0.4 is 0 Å². The fourth-order valence-electron chi connectivity index (χ4n) is 1.27. The number of hydrogen-bond donors (Lipinski definition) is 0. The van der Waals surface area contributed by atoms with Gasteiger partial charge >= 0.3 is 0 Å². The third-order valence-corrected chi connectivity index (χ3v) is 2.04. The first kappa shape index (κ1) is 8.94. The molecule has 3 heteroatoms. The van der Waals surface area contributed by atoms with Crippen LogP contribution in [0.15, 0.2) is 36.5 Å². The van der Waals surface area contributed by atoms with E-state index < -0.39 is 0 Å². The first-order chi connectivity index (χ1) is 6.77. The van der Waals surface area contributed by atoms with Crippen molar-refractivity contribution in [1.82, 2.24) is 15.0 Å². The highest BCUT2D eigenvalue weighted by atomic mass is 15.5. The first-order valence-corrected chi connectivity index (χ1v) is 4.74. The second-order valence-corrected chi connectivity index (χ2v) is 3.51. The lowest BCUT2D eigenvalue weighted by Gasteiger charge is -2.01. The Kier molecular flexibility index (Phi) is 2.31. The van der Waals surface area contributed by atoms with Crippen molar-refractivity contribution in [2.45, 2.75) is 19.9 Å². The zero-order chi connectivity index (χ0) is 9.97. The number of aromatic nitrogens is 3. The fraction of sp³-hybridized carbons (Fsp3) is 0.273. The van der Waals surface area contributed by atoms with E-state index in [1.165, 1.54) is 0 Å². The van der Waals surface area contributed by atoms with Crippen LogP contribution in [0.3, 0.4) is 0 Å². The molecule has 0 radical (unpaired) electrons. The van der Waals surface area contributed by atoms with Gasteiger partial charge in [-0.2, -0.15) is 15.0 Å². The molecule has 0 bridgehead atoms. The first-order valence-electron chi connectivity index (χ1n) is 4.74. The summed E-state index contributed by atoms with van der Waals surface area (Å²) in [4.78, 5) is 1.72. The third-order valence-electron chi connectivity index (χ3n) is 2.04. The van der Waals surface area contributed by atoms with Crippen LogP contribution in [0, 0.1) is 0 Å². The van der Waals surface area contributed by atoms with E-state index in [0.29, 0.717) is 6.04 Å². The summed E-state index contributed by atoms with van der Waals surface area (Å²) in [6.07, 6.45) is 1.80. The van der Waals surface area contributed by atoms with Crippen LogP contribution in [0.25, 0.3) is 11.3 Å². The number of nitrogens with zero attached hydrogens (tertiary/aromatic N) is 3. The van der Waals surface area contributed by atoms with Gasteiger partial charge in [0.1, 0.15) is 5.69 Å². The van der Waals surface area contributed by atoms with Gasteiger partial charge in [-0.15, -0.1) is 0 Å². The maximum atomic E-state index is 4.39. The number of hydrogen-bond acceptors (Lipinski definition) is 2. The minimum atomic E-state index is 0.312. The van der Waals surface area contributed by atoms with Gasteiger partial charge in [0.2, 0.25) is 0 Å². The largest absolute Gasteiger partial charge is 0.182 e. The molecule has 1 heterocycles. The van der Waals surface area contributed by atoms with E-state index >= 15 is 0 Å². The van der Waals surface area contributed by atoms with Gasteiger partial charge in [0.15, 0.2) is 0 Å². The van der Waals surface area contributed by atoms with Gasteiger partial charge in [0.25, 0.3) is 0 Å². The second-order valence-electron chi connectivity index (χ2n) is 3.51. The minimum absolute atomic E-state index is 0.312. The SMILES string of the molecule is CC(C)n1ncc(-c2ccccc2)n1. The van der Waals surface area contributed by atoms with E-state index in [-0.39, 0.29) is 0 Å². The molecule has 0 unspecified atom stereocenters. The summed E-state index contributed by atoms with van der Waals surface area (Å²) in [5.74, 6) is 0. The molecule has 0 N–H and O–H groups in total. The van der Waals surface area contributed by atoms with Crippen molar-refractivity contribution in [3.63, 3.8) is 0 Å².